The van der Waals surface area contributed by atoms with E-state index in [4.69, 9.17) is 16.1 Å². The Kier molecular flexibility index (Phi) is 4.55. The van der Waals surface area contributed by atoms with Gasteiger partial charge in [-0.25, -0.2) is 0 Å². The van der Waals surface area contributed by atoms with Gasteiger partial charge in [0.25, 0.3) is 0 Å². The lowest BCUT2D eigenvalue weighted by Crippen LogP contribution is -2.23. The molecule has 0 bridgehead atoms. The van der Waals surface area contributed by atoms with Gasteiger partial charge in [0.1, 0.15) is 0 Å². The zero-order valence-corrected chi connectivity index (χ0v) is 8.43. The fourth-order valence-corrected chi connectivity index (χ4v) is 1.25. The minimum Gasteiger partial charge on any atom is -0.396 e. The predicted molar refractivity (Wildman–Crippen MR) is 59.7 cm³/mol. The Morgan fingerprint density at radius 2 is 2.13 bits per heavy atom. The molecule has 1 rings (SSSR count). The lowest BCUT2D eigenvalue weighted by molar-refractivity contribution is 0.282. The third-order valence-corrected chi connectivity index (χ3v) is 2.09. The third kappa shape index (κ3) is 3.55. The molecule has 3 heteroatoms. The second-order valence-corrected chi connectivity index (χ2v) is 3.24. The van der Waals surface area contributed by atoms with E-state index in [1.165, 1.54) is 0 Å². The van der Waals surface area contributed by atoms with Crippen LogP contribution in [0.2, 0.25) is 0 Å². The molecule has 0 spiro atoms. The maximum absolute atomic E-state index is 8.90. The Bertz CT molecular complexity index is 365. The lowest BCUT2D eigenvalue weighted by atomic mass is 10.0. The Morgan fingerprint density at radius 3 is 2.67 bits per heavy atom. The molecule has 3 N–H and O–H groups in total. The summed E-state index contributed by atoms with van der Waals surface area (Å²) in [6, 6.07) is 11.2. The van der Waals surface area contributed by atoms with Crippen LogP contribution < -0.4 is 5.73 Å². The number of hydrogen-bond acceptors (Lipinski definition) is 3. The van der Waals surface area contributed by atoms with Crippen LogP contribution >= 0.6 is 0 Å². The molecule has 1 atom stereocenters. The summed E-state index contributed by atoms with van der Waals surface area (Å²) >= 11 is 0. The molecule has 0 aromatic heterocycles. The van der Waals surface area contributed by atoms with Crippen molar-refractivity contribution in [2.45, 2.75) is 12.5 Å². The molecular weight excluding hydrogens is 188 g/mol. The van der Waals surface area contributed by atoms with Crippen molar-refractivity contribution in [3.63, 3.8) is 0 Å². The highest BCUT2D eigenvalue weighted by molar-refractivity contribution is 5.58. The maximum atomic E-state index is 8.90. The number of nitrogens with zero attached hydrogens (tertiary/aromatic N) is 1. The minimum atomic E-state index is -0.389. The van der Waals surface area contributed by atoms with Gasteiger partial charge < -0.3 is 10.8 Å². The molecule has 1 unspecified atom stereocenters. The molecule has 0 saturated carbocycles. The van der Waals surface area contributed by atoms with Crippen molar-refractivity contribution in [1.29, 1.82) is 5.26 Å². The van der Waals surface area contributed by atoms with Crippen LogP contribution in [0.15, 0.2) is 35.9 Å². The van der Waals surface area contributed by atoms with Gasteiger partial charge in [-0.15, -0.1) is 0 Å². The zero-order chi connectivity index (χ0) is 11.1. The standard InChI is InChI=1S/C12H14N2O/c13-9-11(12(14)6-7-15)8-10-4-2-1-3-5-10/h1-5,8,12,15H,6-7,14H2. The van der Waals surface area contributed by atoms with E-state index in [1.54, 1.807) is 6.08 Å². The highest BCUT2D eigenvalue weighted by Crippen LogP contribution is 2.09. The van der Waals surface area contributed by atoms with Gasteiger partial charge in [-0.05, 0) is 18.1 Å². The molecule has 1 aromatic rings. The molecule has 78 valence electrons. The number of rotatable bonds is 4. The van der Waals surface area contributed by atoms with Crippen LogP contribution in [0.25, 0.3) is 6.08 Å². The molecule has 0 amide bonds. The molecule has 0 fully saturated rings. The summed E-state index contributed by atoms with van der Waals surface area (Å²) in [6.07, 6.45) is 2.16. The van der Waals surface area contributed by atoms with Gasteiger partial charge in [0.05, 0.1) is 6.07 Å². The first kappa shape index (κ1) is 11.4. The number of aliphatic hydroxyl groups is 1. The summed E-state index contributed by atoms with van der Waals surface area (Å²) in [4.78, 5) is 0. The van der Waals surface area contributed by atoms with E-state index in [0.717, 1.165) is 5.56 Å². The van der Waals surface area contributed by atoms with Crippen molar-refractivity contribution in [2.24, 2.45) is 5.73 Å². The molecule has 0 aliphatic heterocycles. The number of nitriles is 1. The monoisotopic (exact) mass is 202 g/mol. The number of nitrogens with two attached hydrogens (primary N) is 1. The highest BCUT2D eigenvalue weighted by Gasteiger charge is 2.07. The third-order valence-electron chi connectivity index (χ3n) is 2.09. The summed E-state index contributed by atoms with van der Waals surface area (Å²) in [5, 5.41) is 17.6. The Balaban J connectivity index is 2.84. The van der Waals surface area contributed by atoms with E-state index in [0.29, 0.717) is 12.0 Å². The van der Waals surface area contributed by atoms with Crippen molar-refractivity contribution in [3.8, 4) is 6.07 Å². The summed E-state index contributed by atoms with van der Waals surface area (Å²) in [5.41, 5.74) is 7.18. The van der Waals surface area contributed by atoms with Crippen molar-refractivity contribution in [1.82, 2.24) is 0 Å². The largest absolute Gasteiger partial charge is 0.396 e. The van der Waals surface area contributed by atoms with Gasteiger partial charge in [0.15, 0.2) is 0 Å². The van der Waals surface area contributed by atoms with E-state index in [9.17, 15) is 0 Å². The molecule has 0 radical (unpaired) electrons. The van der Waals surface area contributed by atoms with E-state index in [1.807, 2.05) is 30.3 Å². The van der Waals surface area contributed by atoms with Gasteiger partial charge in [-0.1, -0.05) is 30.3 Å². The zero-order valence-electron chi connectivity index (χ0n) is 8.43. The Morgan fingerprint density at radius 1 is 1.47 bits per heavy atom. The molecule has 0 aliphatic carbocycles. The topological polar surface area (TPSA) is 70.0 Å². The van der Waals surface area contributed by atoms with Gasteiger partial charge in [0.2, 0.25) is 0 Å². The summed E-state index contributed by atoms with van der Waals surface area (Å²) in [5.74, 6) is 0. The van der Waals surface area contributed by atoms with E-state index < -0.39 is 0 Å². The second kappa shape index (κ2) is 5.97. The molecule has 3 nitrogen and oxygen atoms in total. The first-order valence-corrected chi connectivity index (χ1v) is 4.81. The normalized spacial score (nSPS) is 13.3. The fourth-order valence-electron chi connectivity index (χ4n) is 1.25. The predicted octanol–water partition coefficient (Wildman–Crippen LogP) is 1.30. The van der Waals surface area contributed by atoms with E-state index in [-0.39, 0.29) is 12.6 Å². The average molecular weight is 202 g/mol. The van der Waals surface area contributed by atoms with Gasteiger partial charge in [0, 0.05) is 18.2 Å². The molecular formula is C12H14N2O. The van der Waals surface area contributed by atoms with Gasteiger partial charge >= 0.3 is 0 Å². The first-order chi connectivity index (χ1) is 7.27. The van der Waals surface area contributed by atoms with Crippen LogP contribution in [0.1, 0.15) is 12.0 Å². The molecule has 0 heterocycles. The molecule has 1 aromatic carbocycles. The summed E-state index contributed by atoms with van der Waals surface area (Å²) < 4.78 is 0. The van der Waals surface area contributed by atoms with Crippen molar-refractivity contribution >= 4 is 6.08 Å². The van der Waals surface area contributed by atoms with E-state index >= 15 is 0 Å². The number of aliphatic hydroxyl groups excluding tert-OH is 1. The average Bonchev–Trinajstić information content (AvgIpc) is 2.27. The Hall–Kier alpha value is -1.63. The van der Waals surface area contributed by atoms with Crippen molar-refractivity contribution in [2.75, 3.05) is 6.61 Å². The van der Waals surface area contributed by atoms with Crippen LogP contribution in [0.4, 0.5) is 0 Å². The van der Waals surface area contributed by atoms with Gasteiger partial charge in [-0.2, -0.15) is 5.26 Å². The summed E-state index contributed by atoms with van der Waals surface area (Å²) in [6.45, 7) is -0.00498. The fraction of sp³-hybridized carbons (Fsp3) is 0.250. The summed E-state index contributed by atoms with van der Waals surface area (Å²) in [7, 11) is 0. The SMILES string of the molecule is N#CC(=Cc1ccccc1)C(N)CCO. The van der Waals surface area contributed by atoms with Crippen LogP contribution in [0, 0.1) is 11.3 Å². The second-order valence-electron chi connectivity index (χ2n) is 3.24. The minimum absolute atomic E-state index is 0.00498. The van der Waals surface area contributed by atoms with E-state index in [2.05, 4.69) is 6.07 Å². The van der Waals surface area contributed by atoms with Crippen molar-refractivity contribution in [3.05, 3.63) is 41.5 Å². The smallest absolute Gasteiger partial charge is 0.0964 e. The van der Waals surface area contributed by atoms with Crippen LogP contribution in [-0.2, 0) is 0 Å². The van der Waals surface area contributed by atoms with Gasteiger partial charge in [-0.3, -0.25) is 0 Å². The first-order valence-electron chi connectivity index (χ1n) is 4.81. The Labute approximate surface area is 89.5 Å². The quantitative estimate of drug-likeness (QED) is 0.723. The molecule has 15 heavy (non-hydrogen) atoms. The number of benzene rings is 1. The van der Waals surface area contributed by atoms with Crippen LogP contribution in [-0.4, -0.2) is 17.8 Å². The molecule has 0 saturated heterocycles. The molecule has 0 aliphatic rings. The highest BCUT2D eigenvalue weighted by atomic mass is 16.3. The lowest BCUT2D eigenvalue weighted by Gasteiger charge is -2.07. The number of hydrogen-bond donors (Lipinski definition) is 2. The maximum Gasteiger partial charge on any atom is 0.0964 e. The van der Waals surface area contributed by atoms with Crippen molar-refractivity contribution < 1.29 is 5.11 Å². The van der Waals surface area contributed by atoms with Crippen LogP contribution in [0.3, 0.4) is 0 Å². The van der Waals surface area contributed by atoms with Crippen LogP contribution in [0.5, 0.6) is 0 Å².